The van der Waals surface area contributed by atoms with Gasteiger partial charge in [0.25, 0.3) is 11.8 Å². The quantitative estimate of drug-likeness (QED) is 0.145. The normalized spacial score (nSPS) is 22.4. The minimum absolute atomic E-state index is 0.0671. The molecule has 6 aromatic rings. The minimum Gasteiger partial charge on any atom is -0.497 e. The standard InChI is InChI=1S/C53H51N3O7Si/c1-34-50(64(3,4)41-26-24-40(61-2)25-27-41)48(30-49(58)54-32-37-16-6-5-15-36(37)29-39(54)33-57)63-53(34)43-19-8-9-20-44(43)55(52(53)60)31-35-14-13-17-38(28-35)56-45-21-10-12-23-47(45)62-46-22-11-7-18-42(46)51(56)59/h5-28,34,39,48,50,57H,29-33H2,1-4H3/t34-,39-,48+,50-,53+/m0/s1. The van der Waals surface area contributed by atoms with Gasteiger partial charge >= 0.3 is 0 Å². The van der Waals surface area contributed by atoms with E-state index in [2.05, 4.69) is 38.2 Å². The number of methoxy groups -OCH3 is 1. The SMILES string of the molecule is COc1ccc([Si](C)(C)[C@@H]2[C@@H](CC(=O)N3Cc4ccccc4C[C@H]3CO)O[C@]3(C(=O)N(Cc4cccc(N5C(=O)c6ccccc6Oc6ccccc65)c4)c4ccccc43)[C@H]2C)cc1. The second-order valence-electron chi connectivity index (χ2n) is 18.0. The Labute approximate surface area is 374 Å². The van der Waals surface area contributed by atoms with E-state index in [1.54, 1.807) is 24.1 Å². The van der Waals surface area contributed by atoms with Crippen molar-refractivity contribution in [2.24, 2.45) is 5.92 Å². The molecule has 64 heavy (non-hydrogen) atoms. The van der Waals surface area contributed by atoms with Gasteiger partial charge in [0.05, 0.1) is 63.8 Å². The van der Waals surface area contributed by atoms with Crippen LogP contribution in [0.1, 0.15) is 46.0 Å². The molecule has 0 aliphatic carbocycles. The Kier molecular flexibility index (Phi) is 10.5. The number of fused-ring (bicyclic) bond motifs is 5. The zero-order valence-corrected chi connectivity index (χ0v) is 37.4. The molecule has 4 aliphatic rings. The Bertz CT molecular complexity index is 2790. The first-order valence-corrected chi connectivity index (χ1v) is 25.1. The monoisotopic (exact) mass is 869 g/mol. The molecule has 1 fully saturated rings. The molecule has 3 amide bonds. The first kappa shape index (κ1) is 41.5. The molecule has 0 bridgehead atoms. The fourth-order valence-corrected chi connectivity index (χ4v) is 15.0. The summed E-state index contributed by atoms with van der Waals surface area (Å²) in [5.41, 5.74) is 4.76. The number of carbonyl (C=O) groups excluding carboxylic acids is 3. The van der Waals surface area contributed by atoms with Gasteiger partial charge in [0, 0.05) is 23.7 Å². The molecule has 0 saturated carbocycles. The molecular formula is C53H51N3O7Si. The fourth-order valence-electron chi connectivity index (χ4n) is 11.0. The molecule has 4 heterocycles. The van der Waals surface area contributed by atoms with E-state index in [1.807, 2.05) is 125 Å². The van der Waals surface area contributed by atoms with E-state index in [1.165, 1.54) is 5.19 Å². The van der Waals surface area contributed by atoms with Crippen LogP contribution in [0.3, 0.4) is 0 Å². The van der Waals surface area contributed by atoms with E-state index in [-0.39, 0.29) is 54.8 Å². The lowest BCUT2D eigenvalue weighted by atomic mass is 9.82. The van der Waals surface area contributed by atoms with Crippen molar-refractivity contribution in [3.05, 3.63) is 173 Å². The molecule has 324 valence electrons. The average Bonchev–Trinajstić information content (AvgIpc) is 3.69. The smallest absolute Gasteiger partial charge is 0.266 e. The number of para-hydroxylation sites is 4. The first-order valence-electron chi connectivity index (χ1n) is 22.0. The molecule has 5 atom stereocenters. The maximum Gasteiger partial charge on any atom is 0.266 e. The van der Waals surface area contributed by atoms with Crippen LogP contribution in [0.5, 0.6) is 17.2 Å². The van der Waals surface area contributed by atoms with E-state index in [0.717, 1.165) is 33.7 Å². The average molecular weight is 870 g/mol. The summed E-state index contributed by atoms with van der Waals surface area (Å²) in [5.74, 6) is 0.991. The van der Waals surface area contributed by atoms with Gasteiger partial charge in [0.15, 0.2) is 11.4 Å². The van der Waals surface area contributed by atoms with Crippen LogP contribution in [0, 0.1) is 5.92 Å². The highest BCUT2D eigenvalue weighted by Crippen LogP contribution is 2.60. The first-order chi connectivity index (χ1) is 31.0. The summed E-state index contributed by atoms with van der Waals surface area (Å²) in [5, 5.41) is 11.7. The van der Waals surface area contributed by atoms with E-state index in [4.69, 9.17) is 14.2 Å². The number of aliphatic hydroxyl groups is 1. The Hall–Kier alpha value is -6.53. The van der Waals surface area contributed by atoms with Crippen molar-refractivity contribution in [3.63, 3.8) is 0 Å². The van der Waals surface area contributed by atoms with Crippen molar-refractivity contribution in [3.8, 4) is 17.2 Å². The molecule has 1 saturated heterocycles. The number of nitrogens with zero attached hydrogens (tertiary/aromatic N) is 3. The number of benzene rings is 6. The Morgan fingerprint density at radius 2 is 1.50 bits per heavy atom. The molecular weight excluding hydrogens is 819 g/mol. The van der Waals surface area contributed by atoms with Gasteiger partial charge in [-0.05, 0) is 83.2 Å². The topological polar surface area (TPSA) is 109 Å². The van der Waals surface area contributed by atoms with Crippen LogP contribution >= 0.6 is 0 Å². The van der Waals surface area contributed by atoms with Gasteiger partial charge in [-0.3, -0.25) is 19.3 Å². The van der Waals surface area contributed by atoms with Crippen LogP contribution in [-0.4, -0.2) is 61.7 Å². The summed E-state index contributed by atoms with van der Waals surface area (Å²) in [7, 11) is -0.905. The number of aliphatic hydroxyl groups excluding tert-OH is 1. The Morgan fingerprint density at radius 3 is 2.27 bits per heavy atom. The fraction of sp³-hybridized carbons (Fsp3) is 0.264. The maximum atomic E-state index is 15.6. The van der Waals surface area contributed by atoms with Crippen LogP contribution in [-0.2, 0) is 39.4 Å². The third-order valence-electron chi connectivity index (χ3n) is 14.2. The van der Waals surface area contributed by atoms with Gasteiger partial charge in [0.2, 0.25) is 5.91 Å². The zero-order valence-electron chi connectivity index (χ0n) is 36.4. The van der Waals surface area contributed by atoms with Crippen LogP contribution in [0.25, 0.3) is 0 Å². The van der Waals surface area contributed by atoms with E-state index in [9.17, 15) is 14.7 Å². The van der Waals surface area contributed by atoms with Crippen molar-refractivity contribution in [1.29, 1.82) is 0 Å². The molecule has 11 heteroatoms. The molecule has 0 radical (unpaired) electrons. The summed E-state index contributed by atoms with van der Waals surface area (Å²) >= 11 is 0. The number of hydrogen-bond acceptors (Lipinski definition) is 7. The number of carbonyl (C=O) groups is 3. The molecule has 0 aromatic heterocycles. The van der Waals surface area contributed by atoms with E-state index < -0.39 is 19.8 Å². The van der Waals surface area contributed by atoms with Gasteiger partial charge < -0.3 is 29.1 Å². The van der Waals surface area contributed by atoms with Crippen molar-refractivity contribution >= 4 is 48.0 Å². The number of hydrogen-bond donors (Lipinski definition) is 1. The molecule has 1 N–H and O–H groups in total. The summed E-state index contributed by atoms with van der Waals surface area (Å²) in [4.78, 5) is 50.0. The predicted molar refractivity (Wildman–Crippen MR) is 249 cm³/mol. The summed E-state index contributed by atoms with van der Waals surface area (Å²) in [6.45, 7) is 7.22. The molecule has 4 aliphatic heterocycles. The van der Waals surface area contributed by atoms with Crippen molar-refractivity contribution in [2.45, 2.75) is 69.2 Å². The summed E-state index contributed by atoms with van der Waals surface area (Å²) in [6, 6.07) is 46.3. The van der Waals surface area contributed by atoms with Crippen LogP contribution < -0.4 is 24.5 Å². The van der Waals surface area contributed by atoms with Crippen molar-refractivity contribution in [2.75, 3.05) is 23.5 Å². The third kappa shape index (κ3) is 6.72. The van der Waals surface area contributed by atoms with Crippen molar-refractivity contribution < 1.29 is 33.7 Å². The second kappa shape index (κ2) is 16.2. The van der Waals surface area contributed by atoms with Gasteiger partial charge in [-0.1, -0.05) is 116 Å². The largest absolute Gasteiger partial charge is 0.497 e. The van der Waals surface area contributed by atoms with Gasteiger partial charge in [-0.25, -0.2) is 0 Å². The lowest BCUT2D eigenvalue weighted by molar-refractivity contribution is -0.151. The predicted octanol–water partition coefficient (Wildman–Crippen LogP) is 8.88. The minimum atomic E-state index is -2.56. The van der Waals surface area contributed by atoms with Gasteiger partial charge in [0.1, 0.15) is 11.5 Å². The van der Waals surface area contributed by atoms with Gasteiger partial charge in [-0.2, -0.15) is 0 Å². The lowest BCUT2D eigenvalue weighted by Crippen LogP contribution is -2.52. The Balaban J connectivity index is 1.01. The molecule has 10 rings (SSSR count). The highest BCUT2D eigenvalue weighted by atomic mass is 28.3. The van der Waals surface area contributed by atoms with Gasteiger partial charge in [-0.15, -0.1) is 0 Å². The second-order valence-corrected chi connectivity index (χ2v) is 22.7. The highest BCUT2D eigenvalue weighted by molar-refractivity contribution is 6.91. The summed E-state index contributed by atoms with van der Waals surface area (Å²) in [6.07, 6.45) is 0.0428. The number of ether oxygens (including phenoxy) is 3. The van der Waals surface area contributed by atoms with Crippen LogP contribution in [0.4, 0.5) is 17.1 Å². The molecule has 6 aromatic carbocycles. The van der Waals surface area contributed by atoms with E-state index in [0.29, 0.717) is 41.4 Å². The maximum absolute atomic E-state index is 15.6. The third-order valence-corrected chi connectivity index (χ3v) is 18.5. The molecule has 1 spiro atoms. The number of anilines is 3. The zero-order chi connectivity index (χ0) is 44.3. The van der Waals surface area contributed by atoms with Crippen LogP contribution in [0.2, 0.25) is 18.6 Å². The summed E-state index contributed by atoms with van der Waals surface area (Å²) < 4.78 is 19.2. The number of rotatable bonds is 9. The molecule has 0 unspecified atom stereocenters. The number of amides is 3. The highest BCUT2D eigenvalue weighted by Gasteiger charge is 2.66. The Morgan fingerprint density at radius 1 is 0.812 bits per heavy atom. The lowest BCUT2D eigenvalue weighted by Gasteiger charge is -2.39. The van der Waals surface area contributed by atoms with E-state index >= 15 is 4.79 Å². The van der Waals surface area contributed by atoms with Crippen LogP contribution in [0.15, 0.2) is 146 Å². The molecule has 10 nitrogen and oxygen atoms in total. The van der Waals surface area contributed by atoms with Crippen molar-refractivity contribution in [1.82, 2.24) is 4.90 Å².